The van der Waals surface area contributed by atoms with Crippen LogP contribution in [0.15, 0.2) is 59.6 Å². The van der Waals surface area contributed by atoms with E-state index in [4.69, 9.17) is 9.47 Å². The molecule has 0 bridgehead atoms. The Hall–Kier alpha value is -2.53. The molecular formula is C24H33N3O2. The van der Waals surface area contributed by atoms with Gasteiger partial charge in [0.25, 0.3) is 0 Å². The molecule has 1 aliphatic heterocycles. The maximum Gasteiger partial charge on any atom is 0.193 e. The van der Waals surface area contributed by atoms with Gasteiger partial charge in [-0.15, -0.1) is 0 Å². The Bertz CT molecular complexity index is 758. The fraction of sp³-hybridized carbons (Fsp3) is 0.458. The lowest BCUT2D eigenvalue weighted by Crippen LogP contribution is -2.41. The van der Waals surface area contributed by atoms with E-state index in [1.165, 1.54) is 24.8 Å². The van der Waals surface area contributed by atoms with Crippen molar-refractivity contribution in [3.63, 3.8) is 0 Å². The van der Waals surface area contributed by atoms with E-state index in [1.807, 2.05) is 43.4 Å². The molecule has 3 rings (SSSR count). The molecule has 2 aromatic carbocycles. The Morgan fingerprint density at radius 1 is 1.10 bits per heavy atom. The first kappa shape index (κ1) is 21.2. The van der Waals surface area contributed by atoms with Gasteiger partial charge in [-0.05, 0) is 36.8 Å². The first-order chi connectivity index (χ1) is 14.3. The summed E-state index contributed by atoms with van der Waals surface area (Å²) in [7, 11) is 3.93. The highest BCUT2D eigenvalue weighted by Gasteiger charge is 2.15. The van der Waals surface area contributed by atoms with Crippen LogP contribution < -0.4 is 10.1 Å². The zero-order chi connectivity index (χ0) is 20.3. The summed E-state index contributed by atoms with van der Waals surface area (Å²) in [6.45, 7) is 4.10. The van der Waals surface area contributed by atoms with Crippen molar-refractivity contribution in [1.29, 1.82) is 0 Å². The van der Waals surface area contributed by atoms with Gasteiger partial charge < -0.3 is 19.7 Å². The molecule has 1 heterocycles. The van der Waals surface area contributed by atoms with E-state index in [0.717, 1.165) is 42.9 Å². The van der Waals surface area contributed by atoms with Crippen LogP contribution in [0.3, 0.4) is 0 Å². The zero-order valence-corrected chi connectivity index (χ0v) is 17.6. The number of benzene rings is 2. The van der Waals surface area contributed by atoms with Gasteiger partial charge in [-0.2, -0.15) is 0 Å². The molecule has 1 N–H and O–H groups in total. The fourth-order valence-electron chi connectivity index (χ4n) is 3.67. The third-order valence-electron chi connectivity index (χ3n) is 5.40. The zero-order valence-electron chi connectivity index (χ0n) is 17.6. The van der Waals surface area contributed by atoms with E-state index >= 15 is 0 Å². The van der Waals surface area contributed by atoms with Gasteiger partial charge in [0.05, 0.1) is 6.54 Å². The van der Waals surface area contributed by atoms with Crippen LogP contribution in [0.5, 0.6) is 5.75 Å². The summed E-state index contributed by atoms with van der Waals surface area (Å²) in [6, 6.07) is 18.5. The average Bonchev–Trinajstić information content (AvgIpc) is 2.79. The molecule has 0 spiro atoms. The predicted molar refractivity (Wildman–Crippen MR) is 120 cm³/mol. The molecule has 0 atom stereocenters. The van der Waals surface area contributed by atoms with Crippen LogP contribution in [0, 0.1) is 5.92 Å². The van der Waals surface area contributed by atoms with Crippen molar-refractivity contribution >= 4 is 5.96 Å². The van der Waals surface area contributed by atoms with E-state index < -0.39 is 0 Å². The lowest BCUT2D eigenvalue weighted by Gasteiger charge is -2.26. The van der Waals surface area contributed by atoms with Gasteiger partial charge in [0, 0.05) is 39.4 Å². The fourth-order valence-corrected chi connectivity index (χ4v) is 3.67. The Morgan fingerprint density at radius 3 is 2.59 bits per heavy atom. The van der Waals surface area contributed by atoms with Gasteiger partial charge >= 0.3 is 0 Å². The standard InChI is InChI=1S/C24H33N3O2/c1-25-24(27(2)16-12-20-13-17-28-18-14-20)26-15-19-29-23-11-7-6-10-22(23)21-8-4-3-5-9-21/h3-11,20H,12-19H2,1-2H3,(H,25,26). The second-order valence-corrected chi connectivity index (χ2v) is 7.45. The summed E-state index contributed by atoms with van der Waals surface area (Å²) >= 11 is 0. The number of hydrogen-bond donors (Lipinski definition) is 1. The largest absolute Gasteiger partial charge is 0.491 e. The SMILES string of the molecule is CN=C(NCCOc1ccccc1-c1ccccc1)N(C)CCC1CCOCC1. The highest BCUT2D eigenvalue weighted by atomic mass is 16.5. The maximum atomic E-state index is 6.07. The van der Waals surface area contributed by atoms with Gasteiger partial charge in [-0.3, -0.25) is 4.99 Å². The van der Waals surface area contributed by atoms with Crippen molar-refractivity contribution in [2.45, 2.75) is 19.3 Å². The number of guanidine groups is 1. The summed E-state index contributed by atoms with van der Waals surface area (Å²) in [5.74, 6) is 2.59. The second-order valence-electron chi connectivity index (χ2n) is 7.45. The van der Waals surface area contributed by atoms with Crippen molar-refractivity contribution in [2.75, 3.05) is 47.0 Å². The van der Waals surface area contributed by atoms with Gasteiger partial charge in [0.2, 0.25) is 0 Å². The van der Waals surface area contributed by atoms with E-state index in [2.05, 4.69) is 40.5 Å². The van der Waals surface area contributed by atoms with Gasteiger partial charge in [-0.25, -0.2) is 0 Å². The number of aliphatic imine (C=N–C) groups is 1. The summed E-state index contributed by atoms with van der Waals surface area (Å²) in [5.41, 5.74) is 2.28. The van der Waals surface area contributed by atoms with Crippen molar-refractivity contribution < 1.29 is 9.47 Å². The number of nitrogens with zero attached hydrogens (tertiary/aromatic N) is 2. The van der Waals surface area contributed by atoms with Crippen molar-refractivity contribution in [3.05, 3.63) is 54.6 Å². The Balaban J connectivity index is 1.44. The Morgan fingerprint density at radius 2 is 1.83 bits per heavy atom. The minimum absolute atomic E-state index is 0.580. The minimum atomic E-state index is 0.580. The molecule has 0 radical (unpaired) electrons. The summed E-state index contributed by atoms with van der Waals surface area (Å²) in [5, 5.41) is 3.41. The molecule has 0 aromatic heterocycles. The summed E-state index contributed by atoms with van der Waals surface area (Å²) in [4.78, 5) is 6.61. The lowest BCUT2D eigenvalue weighted by molar-refractivity contribution is 0.0625. The topological polar surface area (TPSA) is 46.1 Å². The molecule has 0 unspecified atom stereocenters. The van der Waals surface area contributed by atoms with Crippen LogP contribution in [-0.4, -0.2) is 57.9 Å². The Kier molecular flexibility index (Phi) is 8.38. The monoisotopic (exact) mass is 395 g/mol. The Labute approximate surface area is 174 Å². The maximum absolute atomic E-state index is 6.07. The van der Waals surface area contributed by atoms with Crippen LogP contribution >= 0.6 is 0 Å². The first-order valence-electron chi connectivity index (χ1n) is 10.5. The number of rotatable bonds is 8. The molecule has 29 heavy (non-hydrogen) atoms. The van der Waals surface area contributed by atoms with Crippen molar-refractivity contribution in [3.8, 4) is 16.9 Å². The molecule has 5 heteroatoms. The van der Waals surface area contributed by atoms with Gasteiger partial charge in [0.1, 0.15) is 12.4 Å². The smallest absolute Gasteiger partial charge is 0.193 e. The number of para-hydroxylation sites is 1. The van der Waals surface area contributed by atoms with E-state index in [-0.39, 0.29) is 0 Å². The number of hydrogen-bond acceptors (Lipinski definition) is 3. The predicted octanol–water partition coefficient (Wildman–Crippen LogP) is 4.06. The molecule has 1 saturated heterocycles. The van der Waals surface area contributed by atoms with E-state index in [9.17, 15) is 0 Å². The minimum Gasteiger partial charge on any atom is -0.491 e. The number of nitrogens with one attached hydrogen (secondary N) is 1. The molecule has 5 nitrogen and oxygen atoms in total. The molecule has 156 valence electrons. The van der Waals surface area contributed by atoms with Gasteiger partial charge in [-0.1, -0.05) is 48.5 Å². The van der Waals surface area contributed by atoms with E-state index in [0.29, 0.717) is 13.2 Å². The normalized spacial score (nSPS) is 15.2. The molecule has 1 fully saturated rings. The lowest BCUT2D eigenvalue weighted by atomic mass is 9.96. The summed E-state index contributed by atoms with van der Waals surface area (Å²) < 4.78 is 11.5. The number of ether oxygens (including phenoxy) is 2. The third-order valence-corrected chi connectivity index (χ3v) is 5.40. The highest BCUT2D eigenvalue weighted by Crippen LogP contribution is 2.29. The molecule has 1 aliphatic rings. The third kappa shape index (κ3) is 6.50. The second kappa shape index (κ2) is 11.5. The van der Waals surface area contributed by atoms with Crippen molar-refractivity contribution in [2.24, 2.45) is 10.9 Å². The van der Waals surface area contributed by atoms with Crippen molar-refractivity contribution in [1.82, 2.24) is 10.2 Å². The molecule has 0 saturated carbocycles. The van der Waals surface area contributed by atoms with Crippen LogP contribution in [0.25, 0.3) is 11.1 Å². The van der Waals surface area contributed by atoms with E-state index in [1.54, 1.807) is 0 Å². The van der Waals surface area contributed by atoms with Crippen LogP contribution in [0.4, 0.5) is 0 Å². The first-order valence-corrected chi connectivity index (χ1v) is 10.5. The summed E-state index contributed by atoms with van der Waals surface area (Å²) in [6.07, 6.45) is 3.53. The molecule has 0 aliphatic carbocycles. The average molecular weight is 396 g/mol. The quantitative estimate of drug-likeness (QED) is 0.416. The molecular weight excluding hydrogens is 362 g/mol. The highest BCUT2D eigenvalue weighted by molar-refractivity contribution is 5.79. The van der Waals surface area contributed by atoms with Crippen LogP contribution in [0.1, 0.15) is 19.3 Å². The van der Waals surface area contributed by atoms with Crippen LogP contribution in [0.2, 0.25) is 0 Å². The van der Waals surface area contributed by atoms with Gasteiger partial charge in [0.15, 0.2) is 5.96 Å². The van der Waals surface area contributed by atoms with Crippen LogP contribution in [-0.2, 0) is 4.74 Å². The molecule has 0 amide bonds. The molecule has 2 aromatic rings.